The summed E-state index contributed by atoms with van der Waals surface area (Å²) in [6, 6.07) is 4.05. The van der Waals surface area contributed by atoms with Gasteiger partial charge in [-0.2, -0.15) is 0 Å². The Kier molecular flexibility index (Phi) is 3.10. The van der Waals surface area contributed by atoms with Crippen molar-refractivity contribution in [2.45, 2.75) is 56.5 Å². The second-order valence-corrected chi connectivity index (χ2v) is 8.95. The van der Waals surface area contributed by atoms with Gasteiger partial charge in [0.1, 0.15) is 17.5 Å². The summed E-state index contributed by atoms with van der Waals surface area (Å²) in [5.41, 5.74) is 3.55. The van der Waals surface area contributed by atoms with Crippen LogP contribution in [0.1, 0.15) is 49.7 Å². The molecule has 2 bridgehead atoms. The van der Waals surface area contributed by atoms with Crippen molar-refractivity contribution in [3.05, 3.63) is 35.4 Å². The van der Waals surface area contributed by atoms with Crippen LogP contribution in [0.5, 0.6) is 0 Å². The molecule has 0 radical (unpaired) electrons. The highest BCUT2D eigenvalue weighted by molar-refractivity contribution is 5.89. The summed E-state index contributed by atoms with van der Waals surface area (Å²) < 4.78 is 5.80. The molecule has 7 nitrogen and oxygen atoms in total. The summed E-state index contributed by atoms with van der Waals surface area (Å²) in [4.78, 5) is 28.0. The molecule has 2 aromatic rings. The molecule has 5 heterocycles. The van der Waals surface area contributed by atoms with Crippen LogP contribution in [-0.4, -0.2) is 40.1 Å². The molecule has 3 aliphatic heterocycles. The maximum absolute atomic E-state index is 11.5. The third-order valence-corrected chi connectivity index (χ3v) is 6.79. The zero-order valence-electron chi connectivity index (χ0n) is 16.2. The van der Waals surface area contributed by atoms with Gasteiger partial charge in [0.05, 0.1) is 23.8 Å². The molecule has 144 valence electrons. The van der Waals surface area contributed by atoms with E-state index in [-0.39, 0.29) is 16.7 Å². The van der Waals surface area contributed by atoms with Crippen LogP contribution >= 0.6 is 0 Å². The second-order valence-electron chi connectivity index (χ2n) is 8.95. The number of hydrogen-bond acceptors (Lipinski definition) is 6. The fourth-order valence-electron chi connectivity index (χ4n) is 5.08. The highest BCUT2D eigenvalue weighted by Crippen LogP contribution is 2.58. The topological polar surface area (TPSA) is 80.2 Å². The summed E-state index contributed by atoms with van der Waals surface area (Å²) in [7, 11) is 0. The molecule has 0 unspecified atom stereocenters. The molecule has 0 aromatic carbocycles. The first kappa shape index (κ1) is 16.4. The van der Waals surface area contributed by atoms with Gasteiger partial charge >= 0.3 is 0 Å². The summed E-state index contributed by atoms with van der Waals surface area (Å²) in [6.07, 6.45) is 6.74. The molecule has 2 saturated carbocycles. The molecule has 1 N–H and O–H groups in total. The van der Waals surface area contributed by atoms with Crippen molar-refractivity contribution in [1.29, 1.82) is 0 Å². The van der Waals surface area contributed by atoms with Gasteiger partial charge in [0.15, 0.2) is 0 Å². The van der Waals surface area contributed by atoms with Gasteiger partial charge in [-0.3, -0.25) is 4.79 Å². The number of carbonyl (C=O) groups excluding carboxylic acids is 1. The molecule has 7 rings (SSSR count). The van der Waals surface area contributed by atoms with Crippen LogP contribution in [0.15, 0.2) is 18.3 Å². The number of nitrogens with zero attached hydrogens (tertiary/aromatic N) is 4. The number of ether oxygens (including phenoxy) is 1. The predicted octanol–water partition coefficient (Wildman–Crippen LogP) is 2.75. The molecule has 4 fully saturated rings. The number of fused-ring (bicyclic) bond motifs is 3. The molecule has 7 heteroatoms. The van der Waals surface area contributed by atoms with Gasteiger partial charge in [0.25, 0.3) is 0 Å². The first-order valence-corrected chi connectivity index (χ1v) is 10.00. The normalized spacial score (nSPS) is 28.2. The monoisotopic (exact) mass is 377 g/mol. The minimum Gasteiger partial charge on any atom is -0.377 e. The van der Waals surface area contributed by atoms with Crippen LogP contribution in [0.4, 0.5) is 17.3 Å². The first-order chi connectivity index (χ1) is 13.5. The Balaban J connectivity index is 1.43. The van der Waals surface area contributed by atoms with Crippen molar-refractivity contribution >= 4 is 23.2 Å². The lowest BCUT2D eigenvalue weighted by molar-refractivity contribution is -0.114. The molecule has 28 heavy (non-hydrogen) atoms. The number of anilines is 3. The van der Waals surface area contributed by atoms with Crippen LogP contribution in [0.3, 0.4) is 0 Å². The van der Waals surface area contributed by atoms with E-state index in [1.54, 1.807) is 0 Å². The lowest BCUT2D eigenvalue weighted by atomic mass is 9.69. The number of hydrogen-bond donors (Lipinski definition) is 1. The molecule has 5 aliphatic rings. The Morgan fingerprint density at radius 1 is 1.25 bits per heavy atom. The fourth-order valence-corrected chi connectivity index (χ4v) is 5.08. The number of nitrogens with one attached hydrogen (secondary N) is 1. The van der Waals surface area contributed by atoms with E-state index >= 15 is 0 Å². The highest BCUT2D eigenvalue weighted by atomic mass is 16.5. The van der Waals surface area contributed by atoms with Gasteiger partial charge in [0.2, 0.25) is 5.91 Å². The van der Waals surface area contributed by atoms with E-state index in [4.69, 9.17) is 14.7 Å². The molecule has 1 amide bonds. The van der Waals surface area contributed by atoms with E-state index in [0.717, 1.165) is 49.0 Å². The Morgan fingerprint density at radius 3 is 2.75 bits per heavy atom. The van der Waals surface area contributed by atoms with Crippen LogP contribution in [0, 0.1) is 6.92 Å². The number of rotatable bonds is 3. The molecule has 0 atom stereocenters. The number of aromatic nitrogens is 3. The minimum atomic E-state index is -0.113. The minimum absolute atomic E-state index is 0.00481. The maximum Gasteiger partial charge on any atom is 0.222 e. The lowest BCUT2D eigenvalue weighted by Crippen LogP contribution is -2.39. The van der Waals surface area contributed by atoms with Crippen LogP contribution < -0.4 is 10.2 Å². The van der Waals surface area contributed by atoms with Gasteiger partial charge in [-0.05, 0) is 32.6 Å². The Labute approximate surface area is 163 Å². The molecule has 2 aromatic heterocycles. The summed E-state index contributed by atoms with van der Waals surface area (Å²) >= 11 is 0. The van der Waals surface area contributed by atoms with E-state index in [0.29, 0.717) is 11.9 Å². The van der Waals surface area contributed by atoms with Crippen molar-refractivity contribution in [2.75, 3.05) is 23.4 Å². The van der Waals surface area contributed by atoms with E-state index in [2.05, 4.69) is 21.3 Å². The van der Waals surface area contributed by atoms with E-state index in [9.17, 15) is 4.79 Å². The zero-order valence-corrected chi connectivity index (χ0v) is 16.2. The van der Waals surface area contributed by atoms with Crippen LogP contribution in [-0.2, 0) is 20.4 Å². The molecule has 2 saturated heterocycles. The number of aryl methyl sites for hydroxylation is 1. The molecule has 1 spiro atoms. The van der Waals surface area contributed by atoms with E-state index in [1.807, 2.05) is 19.2 Å². The fraction of sp³-hybridized carbons (Fsp3) is 0.524. The van der Waals surface area contributed by atoms with E-state index in [1.165, 1.54) is 25.3 Å². The SMILES string of the molecule is CC(=O)Nc1cc2c(cn1)C1(CC1)CN2c1cc(C)nc(C23COC(C2)C3)n1. The summed E-state index contributed by atoms with van der Waals surface area (Å²) in [5.74, 6) is 2.34. The standard InChI is InChI=1S/C21H23N5O2/c1-12-5-18(25-19(23-12)21-7-14(8-21)28-11-21)26-10-20(3-4-20)15-9-22-17(6-16(15)26)24-13(2)27/h5-6,9,14H,3-4,7-8,10-11H2,1-2H3,(H,22,24,27). The third kappa shape index (κ3) is 2.25. The maximum atomic E-state index is 11.5. The molecular weight excluding hydrogens is 354 g/mol. The molecule has 2 aliphatic carbocycles. The van der Waals surface area contributed by atoms with Crippen molar-refractivity contribution in [3.8, 4) is 0 Å². The van der Waals surface area contributed by atoms with Crippen molar-refractivity contribution in [3.63, 3.8) is 0 Å². The highest BCUT2D eigenvalue weighted by Gasteiger charge is 2.56. The Bertz CT molecular complexity index is 1000. The zero-order chi connectivity index (χ0) is 19.1. The number of amides is 1. The van der Waals surface area contributed by atoms with Gasteiger partial charge in [-0.15, -0.1) is 0 Å². The Hall–Kier alpha value is -2.54. The second kappa shape index (κ2) is 5.29. The van der Waals surface area contributed by atoms with Gasteiger partial charge in [0, 0.05) is 48.5 Å². The molecular formula is C21H23N5O2. The van der Waals surface area contributed by atoms with Gasteiger partial charge < -0.3 is 15.0 Å². The summed E-state index contributed by atoms with van der Waals surface area (Å²) in [6.45, 7) is 5.19. The largest absolute Gasteiger partial charge is 0.377 e. The van der Waals surface area contributed by atoms with Crippen molar-refractivity contribution in [1.82, 2.24) is 15.0 Å². The van der Waals surface area contributed by atoms with E-state index < -0.39 is 0 Å². The predicted molar refractivity (Wildman–Crippen MR) is 104 cm³/mol. The summed E-state index contributed by atoms with van der Waals surface area (Å²) in [5, 5.41) is 2.81. The van der Waals surface area contributed by atoms with Crippen molar-refractivity contribution < 1.29 is 9.53 Å². The van der Waals surface area contributed by atoms with Crippen molar-refractivity contribution in [2.24, 2.45) is 0 Å². The van der Waals surface area contributed by atoms with Gasteiger partial charge in [-0.25, -0.2) is 15.0 Å². The number of carbonyl (C=O) groups is 1. The van der Waals surface area contributed by atoms with Gasteiger partial charge in [-0.1, -0.05) is 0 Å². The van der Waals surface area contributed by atoms with Crippen LogP contribution in [0.25, 0.3) is 0 Å². The van der Waals surface area contributed by atoms with Crippen LogP contribution in [0.2, 0.25) is 0 Å². The quantitative estimate of drug-likeness (QED) is 0.886. The average Bonchev–Trinajstić information content (AvgIpc) is 2.99. The smallest absolute Gasteiger partial charge is 0.222 e. The third-order valence-electron chi connectivity index (χ3n) is 6.79. The first-order valence-electron chi connectivity index (χ1n) is 10.00. The Morgan fingerprint density at radius 2 is 2.07 bits per heavy atom. The number of pyridine rings is 1. The lowest BCUT2D eigenvalue weighted by Gasteiger charge is -2.34. The average molecular weight is 377 g/mol.